The Hall–Kier alpha value is -1.03. The van der Waals surface area contributed by atoms with Crippen LogP contribution in [0.4, 0.5) is 0 Å². The van der Waals surface area contributed by atoms with Crippen molar-refractivity contribution in [1.82, 2.24) is 9.29 Å². The molecule has 118 valence electrons. The van der Waals surface area contributed by atoms with E-state index in [0.717, 1.165) is 28.5 Å². The topological polar surface area (TPSA) is 96.8 Å². The standard InChI is InChI=1S/C12H18N2O5S2/c1-14(8-5-3-4-6-9(8)15)21(17,18)12-10(11(16)19-2)13-7-20-12/h7-9,15H,3-6H2,1-2H3. The molecule has 7 nitrogen and oxygen atoms in total. The van der Waals surface area contributed by atoms with E-state index >= 15 is 0 Å². The third kappa shape index (κ3) is 3.10. The summed E-state index contributed by atoms with van der Waals surface area (Å²) in [4.78, 5) is 15.4. The number of hydrogen-bond donors (Lipinski definition) is 1. The highest BCUT2D eigenvalue weighted by Crippen LogP contribution is 2.30. The average Bonchev–Trinajstić information content (AvgIpc) is 2.96. The predicted octanol–water partition coefficient (Wildman–Crippen LogP) is 0.854. The molecule has 1 aliphatic rings. The molecular formula is C12H18N2O5S2. The van der Waals surface area contributed by atoms with E-state index in [9.17, 15) is 18.3 Å². The largest absolute Gasteiger partial charge is 0.464 e. The van der Waals surface area contributed by atoms with E-state index < -0.39 is 28.1 Å². The first-order valence-electron chi connectivity index (χ1n) is 6.57. The maximum Gasteiger partial charge on any atom is 0.358 e. The fourth-order valence-electron chi connectivity index (χ4n) is 2.48. The van der Waals surface area contributed by atoms with Crippen molar-refractivity contribution in [2.75, 3.05) is 14.2 Å². The summed E-state index contributed by atoms with van der Waals surface area (Å²) in [5.41, 5.74) is 1.09. The van der Waals surface area contributed by atoms with Gasteiger partial charge >= 0.3 is 5.97 Å². The monoisotopic (exact) mass is 334 g/mol. The third-order valence-electron chi connectivity index (χ3n) is 3.69. The molecular weight excluding hydrogens is 316 g/mol. The van der Waals surface area contributed by atoms with E-state index in [-0.39, 0.29) is 9.90 Å². The van der Waals surface area contributed by atoms with Crippen LogP contribution in [-0.4, -0.2) is 55.1 Å². The van der Waals surface area contributed by atoms with E-state index in [1.165, 1.54) is 19.7 Å². The van der Waals surface area contributed by atoms with Crippen molar-refractivity contribution < 1.29 is 23.1 Å². The first-order valence-corrected chi connectivity index (χ1v) is 8.89. The average molecular weight is 334 g/mol. The molecule has 1 N–H and O–H groups in total. The lowest BCUT2D eigenvalue weighted by Gasteiger charge is -2.34. The lowest BCUT2D eigenvalue weighted by atomic mass is 9.93. The first kappa shape index (κ1) is 16.3. The molecule has 0 aromatic carbocycles. The maximum atomic E-state index is 12.7. The van der Waals surface area contributed by atoms with Crippen LogP contribution in [0.1, 0.15) is 36.2 Å². The lowest BCUT2D eigenvalue weighted by Crippen LogP contribution is -2.46. The Morgan fingerprint density at radius 3 is 2.76 bits per heavy atom. The minimum Gasteiger partial charge on any atom is -0.464 e. The highest BCUT2D eigenvalue weighted by atomic mass is 32.2. The second-order valence-electron chi connectivity index (χ2n) is 4.92. The van der Waals surface area contributed by atoms with E-state index in [1.807, 2.05) is 0 Å². The van der Waals surface area contributed by atoms with Crippen molar-refractivity contribution >= 4 is 27.3 Å². The van der Waals surface area contributed by atoms with Crippen molar-refractivity contribution in [1.29, 1.82) is 0 Å². The van der Waals surface area contributed by atoms with Crippen LogP contribution in [0.3, 0.4) is 0 Å². The number of hydrogen-bond acceptors (Lipinski definition) is 7. The van der Waals surface area contributed by atoms with Gasteiger partial charge in [-0.1, -0.05) is 12.8 Å². The summed E-state index contributed by atoms with van der Waals surface area (Å²) in [6.07, 6.45) is 2.25. The van der Waals surface area contributed by atoms with Crippen molar-refractivity contribution in [2.24, 2.45) is 0 Å². The summed E-state index contributed by atoms with van der Waals surface area (Å²) < 4.78 is 30.9. The Labute approximate surface area is 127 Å². The van der Waals surface area contributed by atoms with Crippen LogP contribution in [0.25, 0.3) is 0 Å². The smallest absolute Gasteiger partial charge is 0.358 e. The Kier molecular flexibility index (Phi) is 4.97. The van der Waals surface area contributed by atoms with Gasteiger partial charge in [0.2, 0.25) is 0 Å². The van der Waals surface area contributed by atoms with E-state index in [2.05, 4.69) is 9.72 Å². The molecule has 2 unspecified atom stereocenters. The number of methoxy groups -OCH3 is 1. The van der Waals surface area contributed by atoms with Gasteiger partial charge in [0.25, 0.3) is 10.0 Å². The maximum absolute atomic E-state index is 12.7. The van der Waals surface area contributed by atoms with Gasteiger partial charge < -0.3 is 9.84 Å². The number of aromatic nitrogens is 1. The molecule has 21 heavy (non-hydrogen) atoms. The van der Waals surface area contributed by atoms with Gasteiger partial charge in [-0.3, -0.25) is 0 Å². The summed E-state index contributed by atoms with van der Waals surface area (Å²) in [6.45, 7) is 0. The van der Waals surface area contributed by atoms with Crippen LogP contribution >= 0.6 is 11.3 Å². The van der Waals surface area contributed by atoms with Gasteiger partial charge in [-0.2, -0.15) is 4.31 Å². The van der Waals surface area contributed by atoms with Gasteiger partial charge in [0.1, 0.15) is 0 Å². The Morgan fingerprint density at radius 2 is 2.14 bits per heavy atom. The molecule has 1 aromatic heterocycles. The number of likely N-dealkylation sites (N-methyl/N-ethyl adjacent to an activating group) is 1. The fraction of sp³-hybridized carbons (Fsp3) is 0.667. The molecule has 2 atom stereocenters. The zero-order chi connectivity index (χ0) is 15.6. The molecule has 9 heteroatoms. The normalized spacial score (nSPS) is 23.2. The van der Waals surface area contributed by atoms with Gasteiger partial charge in [-0.05, 0) is 12.8 Å². The quantitative estimate of drug-likeness (QED) is 0.820. The SMILES string of the molecule is COC(=O)c1ncsc1S(=O)(=O)N(C)C1CCCCC1O. The number of carbonyl (C=O) groups is 1. The molecule has 1 heterocycles. The van der Waals surface area contributed by atoms with Gasteiger partial charge in [-0.25, -0.2) is 18.2 Å². The molecule has 0 saturated heterocycles. The highest BCUT2D eigenvalue weighted by Gasteiger charge is 2.37. The molecule has 1 aliphatic carbocycles. The number of carbonyl (C=O) groups excluding carboxylic acids is 1. The molecule has 0 aliphatic heterocycles. The highest BCUT2D eigenvalue weighted by molar-refractivity contribution is 7.91. The number of nitrogens with zero attached hydrogens (tertiary/aromatic N) is 2. The van der Waals surface area contributed by atoms with Gasteiger partial charge in [0.05, 0.1) is 24.8 Å². The number of ether oxygens (including phenoxy) is 1. The zero-order valence-corrected chi connectivity index (χ0v) is 13.5. The van der Waals surface area contributed by atoms with Crippen molar-refractivity contribution in [2.45, 2.75) is 42.0 Å². The van der Waals surface area contributed by atoms with Crippen molar-refractivity contribution in [3.05, 3.63) is 11.2 Å². The van der Waals surface area contributed by atoms with E-state index in [0.29, 0.717) is 12.8 Å². The number of aliphatic hydroxyl groups excluding tert-OH is 1. The predicted molar refractivity (Wildman–Crippen MR) is 76.7 cm³/mol. The number of sulfonamides is 1. The van der Waals surface area contributed by atoms with Crippen LogP contribution in [0, 0.1) is 0 Å². The number of rotatable bonds is 4. The van der Waals surface area contributed by atoms with Crippen LogP contribution in [0.5, 0.6) is 0 Å². The van der Waals surface area contributed by atoms with Crippen LogP contribution in [0.15, 0.2) is 9.72 Å². The molecule has 0 spiro atoms. The summed E-state index contributed by atoms with van der Waals surface area (Å²) in [7, 11) is -1.29. The van der Waals surface area contributed by atoms with Gasteiger partial charge in [0.15, 0.2) is 9.90 Å². The molecule has 1 aromatic rings. The molecule has 1 saturated carbocycles. The number of aliphatic hydroxyl groups is 1. The van der Waals surface area contributed by atoms with Crippen LogP contribution in [0.2, 0.25) is 0 Å². The molecule has 0 radical (unpaired) electrons. The minimum absolute atomic E-state index is 0.144. The summed E-state index contributed by atoms with van der Waals surface area (Å²) in [5.74, 6) is -0.785. The van der Waals surface area contributed by atoms with Crippen molar-refractivity contribution in [3.8, 4) is 0 Å². The fourth-order valence-corrected chi connectivity index (χ4v) is 5.19. The first-order chi connectivity index (χ1) is 9.89. The molecule has 0 amide bonds. The second-order valence-corrected chi connectivity index (χ2v) is 7.97. The molecule has 1 fully saturated rings. The summed E-state index contributed by atoms with van der Waals surface area (Å²) in [6, 6.07) is -0.476. The van der Waals surface area contributed by atoms with Crippen LogP contribution < -0.4 is 0 Å². The van der Waals surface area contributed by atoms with E-state index in [1.54, 1.807) is 0 Å². The summed E-state index contributed by atoms with van der Waals surface area (Å²) >= 11 is 0.871. The van der Waals surface area contributed by atoms with Gasteiger partial charge in [-0.15, -0.1) is 11.3 Å². The van der Waals surface area contributed by atoms with Crippen LogP contribution in [-0.2, 0) is 14.8 Å². The van der Waals surface area contributed by atoms with E-state index in [4.69, 9.17) is 0 Å². The molecule has 2 rings (SSSR count). The lowest BCUT2D eigenvalue weighted by molar-refractivity contribution is 0.0588. The third-order valence-corrected chi connectivity index (χ3v) is 6.92. The second kappa shape index (κ2) is 6.39. The number of thiazole rings is 1. The van der Waals surface area contributed by atoms with Crippen molar-refractivity contribution in [3.63, 3.8) is 0 Å². The Balaban J connectivity index is 2.33. The zero-order valence-electron chi connectivity index (χ0n) is 11.9. The minimum atomic E-state index is -3.89. The van der Waals surface area contributed by atoms with Gasteiger partial charge in [0, 0.05) is 7.05 Å². The number of esters is 1. The molecule has 0 bridgehead atoms. The Bertz CT molecular complexity index is 613. The Morgan fingerprint density at radius 1 is 1.48 bits per heavy atom. The summed E-state index contributed by atoms with van der Waals surface area (Å²) in [5, 5.41) is 10.0.